The molecule has 0 unspecified atom stereocenters. The summed E-state index contributed by atoms with van der Waals surface area (Å²) in [5.41, 5.74) is -0.535. The molecule has 0 aromatic rings. The predicted molar refractivity (Wildman–Crippen MR) is 159 cm³/mol. The quantitative estimate of drug-likeness (QED) is 0.171. The summed E-state index contributed by atoms with van der Waals surface area (Å²) in [4.78, 5) is 25.8. The smallest absolute Gasteiger partial charge is 0.333 e. The van der Waals surface area contributed by atoms with Crippen molar-refractivity contribution in [3.8, 4) is 0 Å². The first kappa shape index (κ1) is 30.9. The first-order valence-electron chi connectivity index (χ1n) is 16.0. The molecule has 0 spiro atoms. The van der Waals surface area contributed by atoms with Gasteiger partial charge in [0.05, 0.1) is 29.6 Å². The lowest BCUT2D eigenvalue weighted by molar-refractivity contribution is -0.239. The molecule has 11 atom stereocenters. The molecule has 0 saturated heterocycles. The number of aliphatic hydroxyl groups excluding tert-OH is 3. The minimum absolute atomic E-state index is 0.106. The third-order valence-electron chi connectivity index (χ3n) is 14.1. The van der Waals surface area contributed by atoms with E-state index in [0.29, 0.717) is 30.8 Å². The molecule has 6 nitrogen and oxygen atoms in total. The van der Waals surface area contributed by atoms with Crippen LogP contribution in [0.25, 0.3) is 0 Å². The molecule has 5 rings (SSSR count). The van der Waals surface area contributed by atoms with Crippen LogP contribution in [0.3, 0.4) is 0 Å². The van der Waals surface area contributed by atoms with Gasteiger partial charge in [0.15, 0.2) is 0 Å². The van der Waals surface area contributed by atoms with Gasteiger partial charge in [0.2, 0.25) is 0 Å². The number of hydrogen-bond donors (Lipinski definition) is 3. The Balaban J connectivity index is 1.66. The second-order valence-electron chi connectivity index (χ2n) is 16.3. The Labute approximate surface area is 247 Å². The van der Waals surface area contributed by atoms with Crippen molar-refractivity contribution in [1.82, 2.24) is 0 Å². The van der Waals surface area contributed by atoms with Gasteiger partial charge in [0, 0.05) is 5.57 Å². The lowest BCUT2D eigenvalue weighted by Gasteiger charge is -2.72. The number of rotatable bonds is 4. The molecule has 4 fully saturated rings. The van der Waals surface area contributed by atoms with Crippen LogP contribution in [0.15, 0.2) is 23.3 Å². The second kappa shape index (κ2) is 9.75. The molecular weight excluding hydrogens is 516 g/mol. The molecular formula is C35H54O6. The highest BCUT2D eigenvalue weighted by molar-refractivity contribution is 5.87. The highest BCUT2D eigenvalue weighted by atomic mass is 16.5. The van der Waals surface area contributed by atoms with E-state index in [-0.39, 0.29) is 46.1 Å². The SMILES string of the molecule is C/C=C(/C)C(=O)O[C@@H]1C[C@]2(C)C(=CC[C@@H]3[C@@]4(C)CC[C@H](O)[C@@](C)(C=O)[C@@H]4CC[C@]32C)[C@@H]2CC(C)(C)C[C@H](O)[C@]12CO. The fourth-order valence-electron chi connectivity index (χ4n) is 11.3. The van der Waals surface area contributed by atoms with Gasteiger partial charge >= 0.3 is 5.97 Å². The maximum atomic E-state index is 13.3. The number of fused-ring (bicyclic) bond motifs is 7. The molecule has 230 valence electrons. The number of aliphatic hydroxyl groups is 3. The Morgan fingerprint density at radius 1 is 1.00 bits per heavy atom. The Kier molecular flexibility index (Phi) is 7.36. The third kappa shape index (κ3) is 3.98. The van der Waals surface area contributed by atoms with E-state index < -0.39 is 29.1 Å². The standard InChI is InChI=1S/C35H54O6/c1-9-21(2)29(40)41-28-18-34(8)22(23-16-30(3,4)17-27(39)35(23,28)20-37)10-11-25-31(5)14-13-26(38)32(6,19-36)24(31)12-15-33(25,34)7/h9-10,19,23-28,37-39H,11-18,20H2,1-8H3/b21-9-/t23-,24+,25+,26-,27-,28+,31-,32-,33+,34+,35+/m0/s1. The van der Waals surface area contributed by atoms with Gasteiger partial charge < -0.3 is 24.9 Å². The van der Waals surface area contributed by atoms with Gasteiger partial charge in [-0.15, -0.1) is 0 Å². The van der Waals surface area contributed by atoms with Crippen LogP contribution in [0.1, 0.15) is 107 Å². The van der Waals surface area contributed by atoms with Crippen molar-refractivity contribution in [1.29, 1.82) is 0 Å². The van der Waals surface area contributed by atoms with Crippen LogP contribution < -0.4 is 0 Å². The van der Waals surface area contributed by atoms with Crippen LogP contribution in [-0.4, -0.2) is 52.5 Å². The van der Waals surface area contributed by atoms with Crippen molar-refractivity contribution < 1.29 is 29.6 Å². The van der Waals surface area contributed by atoms with Crippen molar-refractivity contribution >= 4 is 12.3 Å². The number of allylic oxidation sites excluding steroid dienone is 3. The van der Waals surface area contributed by atoms with Gasteiger partial charge in [-0.1, -0.05) is 59.3 Å². The van der Waals surface area contributed by atoms with Gasteiger partial charge in [0.25, 0.3) is 0 Å². The van der Waals surface area contributed by atoms with Crippen molar-refractivity contribution in [2.24, 2.45) is 50.2 Å². The minimum Gasteiger partial charge on any atom is -0.458 e. The Morgan fingerprint density at radius 2 is 1.68 bits per heavy atom. The molecule has 0 aromatic heterocycles. The average molecular weight is 571 g/mol. The van der Waals surface area contributed by atoms with Gasteiger partial charge in [-0.2, -0.15) is 0 Å². The number of aldehydes is 1. The lowest BCUT2D eigenvalue weighted by Crippen LogP contribution is -2.69. The Bertz CT molecular complexity index is 1160. The van der Waals surface area contributed by atoms with Gasteiger partial charge in [0.1, 0.15) is 12.4 Å². The maximum absolute atomic E-state index is 13.3. The van der Waals surface area contributed by atoms with Gasteiger partial charge in [-0.3, -0.25) is 0 Å². The van der Waals surface area contributed by atoms with Crippen LogP contribution in [-0.2, 0) is 14.3 Å². The van der Waals surface area contributed by atoms with Crippen LogP contribution in [0.4, 0.5) is 0 Å². The van der Waals surface area contributed by atoms with E-state index in [9.17, 15) is 24.9 Å². The first-order valence-corrected chi connectivity index (χ1v) is 16.0. The molecule has 0 aliphatic heterocycles. The maximum Gasteiger partial charge on any atom is 0.333 e. The normalized spacial score (nSPS) is 50.8. The lowest BCUT2D eigenvalue weighted by atomic mass is 9.33. The zero-order chi connectivity index (χ0) is 30.4. The molecule has 0 amide bonds. The number of hydrogen-bond acceptors (Lipinski definition) is 6. The summed E-state index contributed by atoms with van der Waals surface area (Å²) in [6.07, 6.45) is 9.27. The van der Waals surface area contributed by atoms with Crippen molar-refractivity contribution in [2.45, 2.75) is 125 Å². The molecule has 3 N–H and O–H groups in total. The van der Waals surface area contributed by atoms with E-state index in [0.717, 1.165) is 38.4 Å². The fourth-order valence-corrected chi connectivity index (χ4v) is 11.3. The number of esters is 1. The molecule has 0 heterocycles. The third-order valence-corrected chi connectivity index (χ3v) is 14.1. The minimum atomic E-state index is -0.945. The van der Waals surface area contributed by atoms with Gasteiger partial charge in [-0.05, 0) is 105 Å². The molecule has 0 radical (unpaired) electrons. The summed E-state index contributed by atoms with van der Waals surface area (Å²) in [6.45, 7) is 16.8. The van der Waals surface area contributed by atoms with E-state index in [2.05, 4.69) is 40.7 Å². The molecule has 5 aliphatic rings. The Morgan fingerprint density at radius 3 is 2.29 bits per heavy atom. The van der Waals surface area contributed by atoms with E-state index >= 15 is 0 Å². The van der Waals surface area contributed by atoms with E-state index in [1.165, 1.54) is 5.57 Å². The number of ether oxygens (including phenoxy) is 1. The van der Waals surface area contributed by atoms with E-state index in [4.69, 9.17) is 4.74 Å². The largest absolute Gasteiger partial charge is 0.458 e. The summed E-state index contributed by atoms with van der Waals surface area (Å²) >= 11 is 0. The van der Waals surface area contributed by atoms with Crippen molar-refractivity contribution in [2.75, 3.05) is 6.61 Å². The van der Waals surface area contributed by atoms with Crippen LogP contribution >= 0.6 is 0 Å². The van der Waals surface area contributed by atoms with E-state index in [1.807, 2.05) is 13.8 Å². The summed E-state index contributed by atoms with van der Waals surface area (Å²) in [6, 6.07) is 0. The van der Waals surface area contributed by atoms with Crippen molar-refractivity contribution in [3.63, 3.8) is 0 Å². The number of carbonyl (C=O) groups excluding carboxylic acids is 2. The molecule has 0 aromatic carbocycles. The molecule has 4 saturated carbocycles. The van der Waals surface area contributed by atoms with Crippen LogP contribution in [0, 0.1) is 50.2 Å². The average Bonchev–Trinajstić information content (AvgIpc) is 2.90. The number of carbonyl (C=O) groups is 2. The summed E-state index contributed by atoms with van der Waals surface area (Å²) in [7, 11) is 0. The highest BCUT2D eigenvalue weighted by Crippen LogP contribution is 2.75. The zero-order valence-corrected chi connectivity index (χ0v) is 26.6. The Hall–Kier alpha value is -1.50. The highest BCUT2D eigenvalue weighted by Gasteiger charge is 2.72. The monoisotopic (exact) mass is 570 g/mol. The van der Waals surface area contributed by atoms with Crippen LogP contribution in [0.5, 0.6) is 0 Å². The second-order valence-corrected chi connectivity index (χ2v) is 16.3. The summed E-state index contributed by atoms with van der Waals surface area (Å²) in [5, 5.41) is 33.9. The van der Waals surface area contributed by atoms with Crippen LogP contribution in [0.2, 0.25) is 0 Å². The molecule has 41 heavy (non-hydrogen) atoms. The topological polar surface area (TPSA) is 104 Å². The molecule has 0 bridgehead atoms. The van der Waals surface area contributed by atoms with E-state index in [1.54, 1.807) is 13.0 Å². The fraction of sp³-hybridized carbons (Fsp3) is 0.829. The van der Waals surface area contributed by atoms with Crippen molar-refractivity contribution in [3.05, 3.63) is 23.3 Å². The molecule has 5 aliphatic carbocycles. The summed E-state index contributed by atoms with van der Waals surface area (Å²) in [5.74, 6) is -0.0841. The predicted octanol–water partition coefficient (Wildman–Crippen LogP) is 5.78. The zero-order valence-electron chi connectivity index (χ0n) is 26.6. The summed E-state index contributed by atoms with van der Waals surface area (Å²) < 4.78 is 6.35. The van der Waals surface area contributed by atoms with Gasteiger partial charge in [-0.25, -0.2) is 4.79 Å². The first-order chi connectivity index (χ1) is 19.0. The molecule has 6 heteroatoms.